The summed E-state index contributed by atoms with van der Waals surface area (Å²) in [6.07, 6.45) is 0. The van der Waals surface area contributed by atoms with Crippen LogP contribution in [0.3, 0.4) is 0 Å². The normalized spacial score (nSPS) is 11.3. The van der Waals surface area contributed by atoms with Crippen LogP contribution >= 0.6 is 0 Å². The van der Waals surface area contributed by atoms with Gasteiger partial charge in [0.15, 0.2) is 11.6 Å². The fourth-order valence-corrected chi connectivity index (χ4v) is 1.94. The summed E-state index contributed by atoms with van der Waals surface area (Å²) in [4.78, 5) is 0. The van der Waals surface area contributed by atoms with E-state index in [1.54, 1.807) is 18.2 Å². The summed E-state index contributed by atoms with van der Waals surface area (Å²) in [5.41, 5.74) is -0.208. The Hall–Kier alpha value is -1.99. The molecule has 100 valence electrons. The Morgan fingerprint density at radius 3 is 2.21 bits per heavy atom. The van der Waals surface area contributed by atoms with Crippen molar-refractivity contribution in [2.75, 3.05) is 0 Å². The molecule has 0 spiro atoms. The first-order chi connectivity index (χ1) is 8.88. The van der Waals surface area contributed by atoms with E-state index in [4.69, 9.17) is 4.55 Å². The third-order valence-corrected chi connectivity index (χ3v) is 2.70. The monoisotopic (exact) mass is 286 g/mol. The molecule has 0 unspecified atom stereocenters. The second-order valence-corrected chi connectivity index (χ2v) is 4.63. The van der Waals surface area contributed by atoms with Crippen molar-refractivity contribution in [2.24, 2.45) is 0 Å². The van der Waals surface area contributed by atoms with Crippen LogP contribution in [0.1, 0.15) is 0 Å². The largest absolute Gasteiger partial charge is 0.446 e. The number of rotatable bonds is 3. The topological polar surface area (TPSA) is 63.6 Å². The fraction of sp³-hybridized carbons (Fsp3) is 0. The van der Waals surface area contributed by atoms with Crippen LogP contribution in [0, 0.1) is 11.6 Å². The molecule has 0 aliphatic heterocycles. The molecule has 0 radical (unpaired) electrons. The van der Waals surface area contributed by atoms with Crippen molar-refractivity contribution in [3.8, 4) is 16.9 Å². The molecule has 0 atom stereocenters. The van der Waals surface area contributed by atoms with Crippen molar-refractivity contribution in [3.63, 3.8) is 0 Å². The van der Waals surface area contributed by atoms with Gasteiger partial charge < -0.3 is 4.18 Å². The number of hydrogen-bond donors (Lipinski definition) is 1. The second-order valence-electron chi connectivity index (χ2n) is 3.61. The molecular weight excluding hydrogens is 278 g/mol. The fourth-order valence-electron chi connectivity index (χ4n) is 1.58. The maximum absolute atomic E-state index is 14.0. The van der Waals surface area contributed by atoms with Crippen molar-refractivity contribution in [1.82, 2.24) is 0 Å². The maximum Gasteiger partial charge on any atom is 0.446 e. The third-order valence-electron chi connectivity index (χ3n) is 2.31. The second kappa shape index (κ2) is 4.94. The highest BCUT2D eigenvalue weighted by atomic mass is 32.3. The van der Waals surface area contributed by atoms with Gasteiger partial charge in [0, 0.05) is 0 Å². The molecule has 0 aliphatic carbocycles. The van der Waals surface area contributed by atoms with Gasteiger partial charge in [-0.2, -0.15) is 8.42 Å². The lowest BCUT2D eigenvalue weighted by atomic mass is 10.0. The Labute approximate surface area is 108 Å². The molecule has 19 heavy (non-hydrogen) atoms. The van der Waals surface area contributed by atoms with Crippen LogP contribution in [0.5, 0.6) is 5.75 Å². The predicted molar refractivity (Wildman–Crippen MR) is 64.0 cm³/mol. The Bertz CT molecular complexity index is 699. The molecule has 0 aromatic heterocycles. The molecule has 4 nitrogen and oxygen atoms in total. The van der Waals surface area contributed by atoms with Gasteiger partial charge >= 0.3 is 10.4 Å². The molecule has 7 heteroatoms. The highest BCUT2D eigenvalue weighted by molar-refractivity contribution is 7.81. The third kappa shape index (κ3) is 3.07. The summed E-state index contributed by atoms with van der Waals surface area (Å²) in [7, 11) is -4.87. The average Bonchev–Trinajstić information content (AvgIpc) is 2.33. The molecule has 2 aromatic rings. The molecule has 0 heterocycles. The number of halogens is 2. The highest BCUT2D eigenvalue weighted by Gasteiger charge is 2.19. The van der Waals surface area contributed by atoms with Crippen LogP contribution in [0.25, 0.3) is 11.1 Å². The Balaban J connectivity index is 2.59. The van der Waals surface area contributed by atoms with Gasteiger partial charge in [-0.3, -0.25) is 4.55 Å². The van der Waals surface area contributed by atoms with Gasteiger partial charge in [-0.1, -0.05) is 30.3 Å². The van der Waals surface area contributed by atoms with Gasteiger partial charge in [0.2, 0.25) is 0 Å². The standard InChI is InChI=1S/C12H8F2O4S/c13-9-6-7-10(18-19(15,16)17)12(14)11(9)8-4-2-1-3-5-8/h1-7H,(H,15,16,17). The first-order valence-electron chi connectivity index (χ1n) is 5.09. The zero-order chi connectivity index (χ0) is 14.0. The molecule has 0 amide bonds. The van der Waals surface area contributed by atoms with Crippen LogP contribution in [0.4, 0.5) is 8.78 Å². The van der Waals surface area contributed by atoms with E-state index in [9.17, 15) is 17.2 Å². The predicted octanol–water partition coefficient (Wildman–Crippen LogP) is 2.81. The van der Waals surface area contributed by atoms with Crippen LogP contribution in [0.2, 0.25) is 0 Å². The number of benzene rings is 2. The van der Waals surface area contributed by atoms with Gasteiger partial charge in [-0.25, -0.2) is 8.78 Å². The first kappa shape index (κ1) is 13.4. The van der Waals surface area contributed by atoms with Crippen LogP contribution in [0.15, 0.2) is 42.5 Å². The van der Waals surface area contributed by atoms with E-state index in [-0.39, 0.29) is 5.56 Å². The SMILES string of the molecule is O=S(=O)(O)Oc1ccc(F)c(-c2ccccc2)c1F. The van der Waals surface area contributed by atoms with Crippen molar-refractivity contribution >= 4 is 10.4 Å². The molecule has 0 fully saturated rings. The van der Waals surface area contributed by atoms with E-state index in [1.807, 2.05) is 0 Å². The van der Waals surface area contributed by atoms with Gasteiger partial charge in [0.25, 0.3) is 0 Å². The minimum absolute atomic E-state index is 0.221. The summed E-state index contributed by atoms with van der Waals surface area (Å²) < 4.78 is 61.3. The molecule has 0 aliphatic rings. The van der Waals surface area contributed by atoms with Gasteiger partial charge in [-0.15, -0.1) is 0 Å². The lowest BCUT2D eigenvalue weighted by Crippen LogP contribution is -2.08. The molecule has 2 rings (SSSR count). The van der Waals surface area contributed by atoms with Gasteiger partial charge in [-0.05, 0) is 17.7 Å². The van der Waals surface area contributed by atoms with E-state index in [0.717, 1.165) is 12.1 Å². The minimum atomic E-state index is -4.87. The number of hydrogen-bond acceptors (Lipinski definition) is 3. The highest BCUT2D eigenvalue weighted by Crippen LogP contribution is 2.32. The lowest BCUT2D eigenvalue weighted by Gasteiger charge is -2.09. The van der Waals surface area contributed by atoms with E-state index in [1.165, 1.54) is 12.1 Å². The molecular formula is C12H8F2O4S. The van der Waals surface area contributed by atoms with Crippen LogP contribution in [-0.2, 0) is 10.4 Å². The molecule has 2 aromatic carbocycles. The summed E-state index contributed by atoms with van der Waals surface area (Å²) in [5, 5.41) is 0. The zero-order valence-electron chi connectivity index (χ0n) is 9.38. The van der Waals surface area contributed by atoms with Crippen LogP contribution < -0.4 is 4.18 Å². The quantitative estimate of drug-likeness (QED) is 0.881. The first-order valence-corrected chi connectivity index (χ1v) is 6.45. The van der Waals surface area contributed by atoms with Crippen molar-refractivity contribution < 1.29 is 25.9 Å². The molecule has 1 N–H and O–H groups in total. The van der Waals surface area contributed by atoms with Gasteiger partial charge in [0.1, 0.15) is 5.82 Å². The van der Waals surface area contributed by atoms with E-state index in [2.05, 4.69) is 4.18 Å². The van der Waals surface area contributed by atoms with Crippen LogP contribution in [-0.4, -0.2) is 13.0 Å². The van der Waals surface area contributed by atoms with Crippen molar-refractivity contribution in [3.05, 3.63) is 54.1 Å². The smallest absolute Gasteiger partial charge is 0.359 e. The Kier molecular flexibility index (Phi) is 3.50. The summed E-state index contributed by atoms with van der Waals surface area (Å²) in [6.45, 7) is 0. The van der Waals surface area contributed by atoms with Crippen molar-refractivity contribution in [1.29, 1.82) is 0 Å². The lowest BCUT2D eigenvalue weighted by molar-refractivity contribution is 0.376. The molecule has 0 saturated carbocycles. The zero-order valence-corrected chi connectivity index (χ0v) is 10.2. The summed E-state index contributed by atoms with van der Waals surface area (Å²) >= 11 is 0. The van der Waals surface area contributed by atoms with E-state index >= 15 is 0 Å². The van der Waals surface area contributed by atoms with E-state index in [0.29, 0.717) is 0 Å². The summed E-state index contributed by atoms with van der Waals surface area (Å²) in [5.74, 6) is -2.85. The Morgan fingerprint density at radius 2 is 1.63 bits per heavy atom. The maximum atomic E-state index is 14.0. The molecule has 0 saturated heterocycles. The average molecular weight is 286 g/mol. The molecule has 0 bridgehead atoms. The van der Waals surface area contributed by atoms with Crippen molar-refractivity contribution in [2.45, 2.75) is 0 Å². The minimum Gasteiger partial charge on any atom is -0.359 e. The van der Waals surface area contributed by atoms with E-state index < -0.39 is 33.3 Å². The summed E-state index contributed by atoms with van der Waals surface area (Å²) in [6, 6.07) is 9.36. The van der Waals surface area contributed by atoms with Gasteiger partial charge in [0.05, 0.1) is 5.56 Å². The Morgan fingerprint density at radius 1 is 1.00 bits per heavy atom.